The van der Waals surface area contributed by atoms with E-state index in [9.17, 15) is 4.79 Å². The molecule has 0 saturated heterocycles. The molecule has 1 aromatic carbocycles. The Morgan fingerprint density at radius 3 is 2.70 bits per heavy atom. The molecule has 20 heavy (non-hydrogen) atoms. The molecule has 3 nitrogen and oxygen atoms in total. The van der Waals surface area contributed by atoms with Crippen molar-refractivity contribution >= 4 is 63.2 Å². The van der Waals surface area contributed by atoms with E-state index in [1.807, 2.05) is 13.2 Å². The van der Waals surface area contributed by atoms with Crippen molar-refractivity contribution in [1.82, 2.24) is 0 Å². The van der Waals surface area contributed by atoms with E-state index >= 15 is 0 Å². The lowest BCUT2D eigenvalue weighted by Crippen LogP contribution is -2.30. The normalized spacial score (nSPS) is 21.8. The average Bonchev–Trinajstić information content (AvgIpc) is 2.80. The van der Waals surface area contributed by atoms with Crippen LogP contribution >= 0.6 is 46.6 Å². The van der Waals surface area contributed by atoms with Crippen LogP contribution in [0.3, 0.4) is 0 Å². The number of halogens is 3. The number of aliphatic imine (C=N–C) groups is 1. The Balaban J connectivity index is 2.20. The predicted molar refractivity (Wildman–Crippen MR) is 88.6 cm³/mol. The van der Waals surface area contributed by atoms with Gasteiger partial charge < -0.3 is 5.32 Å². The van der Waals surface area contributed by atoms with Gasteiger partial charge in [0.1, 0.15) is 0 Å². The van der Waals surface area contributed by atoms with Crippen molar-refractivity contribution in [2.24, 2.45) is 16.8 Å². The van der Waals surface area contributed by atoms with Crippen LogP contribution in [-0.2, 0) is 4.79 Å². The molecule has 7 heteroatoms. The third kappa shape index (κ3) is 3.08. The van der Waals surface area contributed by atoms with Crippen molar-refractivity contribution in [3.05, 3.63) is 27.2 Å². The quantitative estimate of drug-likeness (QED) is 0.790. The number of carbonyl (C=O) groups is 1. The van der Waals surface area contributed by atoms with Crippen LogP contribution in [0.25, 0.3) is 0 Å². The van der Waals surface area contributed by atoms with Crippen LogP contribution in [0.5, 0.6) is 0 Å². The molecule has 0 aromatic heterocycles. The highest BCUT2D eigenvalue weighted by atomic mass is 35.5. The molecule has 2 rings (SSSR count). The van der Waals surface area contributed by atoms with Crippen molar-refractivity contribution in [3.63, 3.8) is 0 Å². The minimum Gasteiger partial charge on any atom is -0.324 e. The SMILES string of the molecule is CSC1=NCC(C)C1C(=O)Nc1ccc(Cl)c(Cl)c1Cl. The zero-order chi connectivity index (χ0) is 14.9. The molecule has 1 aliphatic rings. The van der Waals surface area contributed by atoms with E-state index < -0.39 is 0 Å². The molecule has 1 heterocycles. The Morgan fingerprint density at radius 1 is 1.35 bits per heavy atom. The fourth-order valence-electron chi connectivity index (χ4n) is 2.08. The number of nitrogens with zero attached hydrogens (tertiary/aromatic N) is 1. The maximum absolute atomic E-state index is 12.4. The molecule has 1 amide bonds. The Bertz CT molecular complexity index is 577. The second-order valence-electron chi connectivity index (χ2n) is 4.55. The van der Waals surface area contributed by atoms with E-state index in [1.54, 1.807) is 12.1 Å². The van der Waals surface area contributed by atoms with Crippen molar-refractivity contribution < 1.29 is 4.79 Å². The molecule has 108 valence electrons. The highest BCUT2D eigenvalue weighted by Gasteiger charge is 2.34. The highest BCUT2D eigenvalue weighted by Crippen LogP contribution is 2.36. The first-order valence-electron chi connectivity index (χ1n) is 5.98. The van der Waals surface area contributed by atoms with Crippen molar-refractivity contribution in [2.45, 2.75) is 6.92 Å². The van der Waals surface area contributed by atoms with Gasteiger partial charge in [-0.3, -0.25) is 9.79 Å². The lowest BCUT2D eigenvalue weighted by atomic mass is 9.97. The minimum absolute atomic E-state index is 0.122. The summed E-state index contributed by atoms with van der Waals surface area (Å²) >= 11 is 19.4. The largest absolute Gasteiger partial charge is 0.324 e. The summed E-state index contributed by atoms with van der Waals surface area (Å²) in [7, 11) is 0. The minimum atomic E-state index is -0.240. The van der Waals surface area contributed by atoms with Gasteiger partial charge in [-0.25, -0.2) is 0 Å². The fraction of sp³-hybridized carbons (Fsp3) is 0.385. The van der Waals surface area contributed by atoms with Gasteiger partial charge in [0.05, 0.1) is 31.7 Å². The Hall–Kier alpha value is -0.420. The van der Waals surface area contributed by atoms with E-state index in [2.05, 4.69) is 10.3 Å². The lowest BCUT2D eigenvalue weighted by Gasteiger charge is -2.17. The molecule has 0 fully saturated rings. The van der Waals surface area contributed by atoms with Gasteiger partial charge in [-0.2, -0.15) is 0 Å². The molecule has 0 spiro atoms. The van der Waals surface area contributed by atoms with E-state index in [0.29, 0.717) is 17.3 Å². The van der Waals surface area contributed by atoms with Gasteiger partial charge in [0, 0.05) is 6.54 Å². The average molecular weight is 352 g/mol. The fourth-order valence-corrected chi connectivity index (χ4v) is 3.46. The first-order chi connectivity index (χ1) is 9.45. The zero-order valence-electron chi connectivity index (χ0n) is 10.9. The number of carbonyl (C=O) groups excluding carboxylic acids is 1. The van der Waals surface area contributed by atoms with Crippen LogP contribution in [-0.4, -0.2) is 23.8 Å². The van der Waals surface area contributed by atoms with Crippen LogP contribution in [0.4, 0.5) is 5.69 Å². The molecular weight excluding hydrogens is 339 g/mol. The van der Waals surface area contributed by atoms with Crippen LogP contribution in [0.1, 0.15) is 6.92 Å². The van der Waals surface area contributed by atoms with Gasteiger partial charge in [0.25, 0.3) is 0 Å². The molecule has 0 bridgehead atoms. The van der Waals surface area contributed by atoms with Crippen LogP contribution in [0.15, 0.2) is 17.1 Å². The molecule has 0 radical (unpaired) electrons. The third-order valence-corrected chi connectivity index (χ3v) is 5.25. The van der Waals surface area contributed by atoms with Crippen LogP contribution < -0.4 is 5.32 Å². The molecule has 2 unspecified atom stereocenters. The van der Waals surface area contributed by atoms with Gasteiger partial charge in [-0.15, -0.1) is 11.8 Å². The van der Waals surface area contributed by atoms with E-state index in [-0.39, 0.29) is 27.8 Å². The van der Waals surface area contributed by atoms with Gasteiger partial charge in [-0.05, 0) is 24.3 Å². The molecule has 0 saturated carbocycles. The molecule has 1 N–H and O–H groups in total. The standard InChI is InChI=1S/C13H13Cl3N2OS/c1-6-5-17-13(20-2)9(6)12(19)18-8-4-3-7(14)10(15)11(8)16/h3-4,6,9H,5H2,1-2H3,(H,18,19). The van der Waals surface area contributed by atoms with E-state index in [4.69, 9.17) is 34.8 Å². The predicted octanol–water partition coefficient (Wildman–Crippen LogP) is 4.61. The third-order valence-electron chi connectivity index (χ3n) is 3.15. The summed E-state index contributed by atoms with van der Waals surface area (Å²) < 4.78 is 0. The highest BCUT2D eigenvalue weighted by molar-refractivity contribution is 8.13. The number of nitrogens with one attached hydrogen (secondary N) is 1. The monoisotopic (exact) mass is 350 g/mol. The van der Waals surface area contributed by atoms with Gasteiger partial charge in [-0.1, -0.05) is 41.7 Å². The zero-order valence-corrected chi connectivity index (χ0v) is 14.0. The topological polar surface area (TPSA) is 41.5 Å². The summed E-state index contributed by atoms with van der Waals surface area (Å²) in [4.78, 5) is 16.8. The number of benzene rings is 1. The molecule has 2 atom stereocenters. The number of rotatable bonds is 2. The lowest BCUT2D eigenvalue weighted by molar-refractivity contribution is -0.118. The smallest absolute Gasteiger partial charge is 0.234 e. The summed E-state index contributed by atoms with van der Waals surface area (Å²) in [5.74, 6) is -0.182. The number of amides is 1. The molecule has 1 aromatic rings. The van der Waals surface area contributed by atoms with Gasteiger partial charge in [0.15, 0.2) is 0 Å². The summed E-state index contributed by atoms with van der Waals surface area (Å²) in [6, 6.07) is 3.25. The number of anilines is 1. The van der Waals surface area contributed by atoms with Crippen molar-refractivity contribution in [1.29, 1.82) is 0 Å². The molecule has 1 aliphatic heterocycles. The molecule has 0 aliphatic carbocycles. The van der Waals surface area contributed by atoms with Gasteiger partial charge >= 0.3 is 0 Å². The van der Waals surface area contributed by atoms with E-state index in [1.165, 1.54) is 11.8 Å². The van der Waals surface area contributed by atoms with Gasteiger partial charge in [0.2, 0.25) is 5.91 Å². The van der Waals surface area contributed by atoms with Crippen molar-refractivity contribution in [2.75, 3.05) is 18.1 Å². The number of thioether (sulfide) groups is 1. The first kappa shape index (κ1) is 16.0. The second-order valence-corrected chi connectivity index (χ2v) is 6.54. The molecular formula is C13H13Cl3N2OS. The van der Waals surface area contributed by atoms with Crippen LogP contribution in [0.2, 0.25) is 15.1 Å². The maximum atomic E-state index is 12.4. The summed E-state index contributed by atoms with van der Waals surface area (Å²) in [5.41, 5.74) is 0.464. The Morgan fingerprint density at radius 2 is 2.05 bits per heavy atom. The second kappa shape index (κ2) is 6.56. The van der Waals surface area contributed by atoms with E-state index in [0.717, 1.165) is 5.04 Å². The number of hydrogen-bond acceptors (Lipinski definition) is 3. The summed E-state index contributed by atoms with van der Waals surface area (Å²) in [6.45, 7) is 2.68. The van der Waals surface area contributed by atoms with Crippen LogP contribution in [0, 0.1) is 11.8 Å². The Labute approximate surface area is 137 Å². The maximum Gasteiger partial charge on any atom is 0.234 e. The summed E-state index contributed by atoms with van der Waals surface area (Å²) in [5, 5.41) is 4.51. The summed E-state index contributed by atoms with van der Waals surface area (Å²) in [6.07, 6.45) is 1.92. The number of hydrogen-bond donors (Lipinski definition) is 1. The first-order valence-corrected chi connectivity index (χ1v) is 8.34. The van der Waals surface area contributed by atoms with Crippen molar-refractivity contribution in [3.8, 4) is 0 Å². The Kier molecular flexibility index (Phi) is 5.24.